The summed E-state index contributed by atoms with van der Waals surface area (Å²) >= 11 is 0. The summed E-state index contributed by atoms with van der Waals surface area (Å²) in [7, 11) is 0. The average Bonchev–Trinajstić information content (AvgIpc) is 3.24. The maximum absolute atomic E-state index is 10.4. The van der Waals surface area contributed by atoms with Crippen LogP contribution in [-0.4, -0.2) is 50.3 Å². The van der Waals surface area contributed by atoms with Crippen LogP contribution in [0.15, 0.2) is 36.7 Å². The molecule has 1 aliphatic heterocycles. The molecule has 5 N–H and O–H groups in total. The maximum Gasteiger partial charge on any atom is 0.292 e. The number of pyridine rings is 1. The van der Waals surface area contributed by atoms with Gasteiger partial charge < -0.3 is 47.1 Å². The Kier molecular flexibility index (Phi) is 5.24. The van der Waals surface area contributed by atoms with Crippen LogP contribution < -0.4 is 21.5 Å². The lowest BCUT2D eigenvalue weighted by molar-refractivity contribution is -0.764. The molecule has 2 aromatic carbocycles. The van der Waals surface area contributed by atoms with Gasteiger partial charge in [-0.05, 0) is 48.6 Å². The van der Waals surface area contributed by atoms with Gasteiger partial charge in [-0.25, -0.2) is 0 Å². The zero-order valence-corrected chi connectivity index (χ0v) is 18.1. The molecule has 0 bridgehead atoms. The quantitative estimate of drug-likeness (QED) is 0.232. The third kappa shape index (κ3) is 2.91. The number of aromatic hydroxyl groups is 1. The number of nitrogens with zero attached hydrogens (tertiary/aromatic N) is 1. The highest BCUT2D eigenvalue weighted by Crippen LogP contribution is 2.37. The van der Waals surface area contributed by atoms with E-state index in [4.69, 9.17) is 4.74 Å². The first-order chi connectivity index (χ1) is 13.9. The summed E-state index contributed by atoms with van der Waals surface area (Å²) in [6.45, 7) is 3.72. The Morgan fingerprint density at radius 3 is 2.50 bits per heavy atom. The van der Waals surface area contributed by atoms with Crippen molar-refractivity contribution in [2.24, 2.45) is 0 Å². The van der Waals surface area contributed by atoms with Gasteiger partial charge in [-0.2, -0.15) is 4.57 Å². The fraction of sp³-hybridized carbons (Fsp3) is 0.318. The SMILES string of the molecule is Cc1c2cc[n+](C3O[C@H](CO)[C@@H](O)[C@H]3O)cc2c(C)c2c1[nH]c1ccc(O)cc12.[Br-]. The van der Waals surface area contributed by atoms with E-state index in [1.54, 1.807) is 16.7 Å². The van der Waals surface area contributed by atoms with Gasteiger partial charge in [-0.15, -0.1) is 0 Å². The first kappa shape index (κ1) is 21.0. The average molecular weight is 475 g/mol. The van der Waals surface area contributed by atoms with Crippen LogP contribution in [0.4, 0.5) is 0 Å². The number of H-pyrrole nitrogens is 1. The van der Waals surface area contributed by atoms with Crippen LogP contribution in [0.2, 0.25) is 0 Å². The van der Waals surface area contributed by atoms with Gasteiger partial charge in [0.15, 0.2) is 18.5 Å². The Balaban J connectivity index is 0.00000218. The van der Waals surface area contributed by atoms with Crippen molar-refractivity contribution in [3.05, 3.63) is 47.8 Å². The molecule has 30 heavy (non-hydrogen) atoms. The molecule has 1 aliphatic rings. The van der Waals surface area contributed by atoms with E-state index in [0.717, 1.165) is 43.7 Å². The predicted molar refractivity (Wildman–Crippen MR) is 108 cm³/mol. The summed E-state index contributed by atoms with van der Waals surface area (Å²) in [4.78, 5) is 3.46. The van der Waals surface area contributed by atoms with Gasteiger partial charge in [0.05, 0.1) is 12.1 Å². The van der Waals surface area contributed by atoms with Crippen LogP contribution in [0.25, 0.3) is 32.6 Å². The molecule has 0 amide bonds. The van der Waals surface area contributed by atoms with Crippen molar-refractivity contribution in [1.29, 1.82) is 0 Å². The molecule has 3 heterocycles. The molecule has 0 aliphatic carbocycles. The first-order valence-corrected chi connectivity index (χ1v) is 9.61. The zero-order valence-electron chi connectivity index (χ0n) is 16.5. The molecular weight excluding hydrogens is 452 g/mol. The molecule has 0 spiro atoms. The Bertz CT molecular complexity index is 1270. The smallest absolute Gasteiger partial charge is 0.292 e. The fourth-order valence-electron chi connectivity index (χ4n) is 4.54. The molecule has 7 nitrogen and oxygen atoms in total. The second kappa shape index (κ2) is 7.47. The van der Waals surface area contributed by atoms with Crippen LogP contribution in [0.3, 0.4) is 0 Å². The van der Waals surface area contributed by atoms with Crippen molar-refractivity contribution in [3.8, 4) is 5.75 Å². The minimum atomic E-state index is -1.14. The molecule has 2 aromatic heterocycles. The van der Waals surface area contributed by atoms with Crippen LogP contribution in [0, 0.1) is 13.8 Å². The number of hydrogen-bond acceptors (Lipinski definition) is 5. The normalized spacial score (nSPS) is 24.0. The Labute approximate surface area is 182 Å². The van der Waals surface area contributed by atoms with E-state index in [2.05, 4.69) is 11.9 Å². The molecule has 5 rings (SSSR count). The number of aryl methyl sites for hydroxylation is 2. The fourth-order valence-corrected chi connectivity index (χ4v) is 4.54. The molecule has 1 fully saturated rings. The highest BCUT2D eigenvalue weighted by Gasteiger charge is 2.48. The first-order valence-electron chi connectivity index (χ1n) is 9.61. The number of ether oxygens (including phenoxy) is 1. The topological polar surface area (TPSA) is 110 Å². The lowest BCUT2D eigenvalue weighted by Gasteiger charge is -2.12. The van der Waals surface area contributed by atoms with Gasteiger partial charge in [0.25, 0.3) is 6.23 Å². The van der Waals surface area contributed by atoms with Gasteiger partial charge >= 0.3 is 0 Å². The van der Waals surface area contributed by atoms with Crippen molar-refractivity contribution in [2.75, 3.05) is 6.61 Å². The summed E-state index contributed by atoms with van der Waals surface area (Å²) in [5.74, 6) is 0.213. The Morgan fingerprint density at radius 2 is 1.80 bits per heavy atom. The molecule has 1 unspecified atom stereocenters. The van der Waals surface area contributed by atoms with Gasteiger partial charge in [0, 0.05) is 27.7 Å². The largest absolute Gasteiger partial charge is 1.00 e. The standard InChI is InChI=1S/C22H22N2O5.BrH/c1-10-15-8-24(22-21(28)20(27)17(9-25)29-22)6-5-13(15)11(2)19-18(10)14-7-12(26)3-4-16(14)23-19;/h3-8,17,20-22,25-28H,9H2,1-2H3;1H/t17-,20-,21-,22?;/m1./s1. The molecule has 1 saturated heterocycles. The zero-order chi connectivity index (χ0) is 20.4. The second-order valence-electron chi connectivity index (χ2n) is 7.80. The summed E-state index contributed by atoms with van der Waals surface area (Å²) < 4.78 is 7.40. The number of halogens is 1. The summed E-state index contributed by atoms with van der Waals surface area (Å²) in [6, 6.07) is 7.26. The van der Waals surface area contributed by atoms with Crippen LogP contribution in [0.1, 0.15) is 17.4 Å². The number of phenols is 1. The molecule has 4 atom stereocenters. The van der Waals surface area contributed by atoms with Gasteiger partial charge in [-0.3, -0.25) is 0 Å². The second-order valence-corrected chi connectivity index (χ2v) is 7.80. The summed E-state index contributed by atoms with van der Waals surface area (Å²) in [6.07, 6.45) is -0.164. The highest BCUT2D eigenvalue weighted by atomic mass is 79.9. The van der Waals surface area contributed by atoms with Gasteiger partial charge in [0.2, 0.25) is 0 Å². The van der Waals surface area contributed by atoms with E-state index in [1.807, 2.05) is 31.5 Å². The number of rotatable bonds is 2. The van der Waals surface area contributed by atoms with E-state index in [-0.39, 0.29) is 29.3 Å². The lowest BCUT2D eigenvalue weighted by atomic mass is 9.97. The van der Waals surface area contributed by atoms with E-state index in [1.165, 1.54) is 0 Å². The minimum absolute atomic E-state index is 0. The van der Waals surface area contributed by atoms with E-state index < -0.39 is 24.5 Å². The van der Waals surface area contributed by atoms with Crippen LogP contribution >= 0.6 is 0 Å². The third-order valence-electron chi connectivity index (χ3n) is 6.13. The highest BCUT2D eigenvalue weighted by molar-refractivity contribution is 6.16. The number of benzene rings is 2. The number of phenolic OH excluding ortho intramolecular Hbond substituents is 1. The number of aromatic amines is 1. The number of fused-ring (bicyclic) bond motifs is 4. The molecular formula is C22H23BrN2O5. The summed E-state index contributed by atoms with van der Waals surface area (Å²) in [5, 5.41) is 43.8. The van der Waals surface area contributed by atoms with E-state index in [9.17, 15) is 20.4 Å². The molecule has 158 valence electrons. The predicted octanol–water partition coefficient (Wildman–Crippen LogP) is -1.30. The Morgan fingerprint density at radius 1 is 1.03 bits per heavy atom. The van der Waals surface area contributed by atoms with Gasteiger partial charge in [0.1, 0.15) is 18.0 Å². The number of aromatic nitrogens is 2. The minimum Gasteiger partial charge on any atom is -1.00 e. The van der Waals surface area contributed by atoms with Crippen molar-refractivity contribution in [2.45, 2.75) is 38.4 Å². The van der Waals surface area contributed by atoms with Crippen LogP contribution in [-0.2, 0) is 4.74 Å². The van der Waals surface area contributed by atoms with E-state index >= 15 is 0 Å². The Hall–Kier alpha value is -2.23. The van der Waals surface area contributed by atoms with Crippen LogP contribution in [0.5, 0.6) is 5.75 Å². The van der Waals surface area contributed by atoms with Crippen molar-refractivity contribution >= 4 is 32.6 Å². The summed E-state index contributed by atoms with van der Waals surface area (Å²) in [5.41, 5.74) is 4.11. The molecule has 8 heteroatoms. The number of aliphatic hydroxyl groups excluding tert-OH is 3. The van der Waals surface area contributed by atoms with Gasteiger partial charge in [-0.1, -0.05) is 0 Å². The number of nitrogens with one attached hydrogen (secondary N) is 1. The molecule has 0 radical (unpaired) electrons. The van der Waals surface area contributed by atoms with Crippen molar-refractivity contribution in [1.82, 2.24) is 4.98 Å². The number of hydrogen-bond donors (Lipinski definition) is 5. The monoisotopic (exact) mass is 474 g/mol. The third-order valence-corrected chi connectivity index (χ3v) is 6.13. The van der Waals surface area contributed by atoms with Crippen molar-refractivity contribution in [3.63, 3.8) is 0 Å². The molecule has 0 saturated carbocycles. The molecule has 4 aromatic rings. The van der Waals surface area contributed by atoms with Crippen molar-refractivity contribution < 1.29 is 46.7 Å². The maximum atomic E-state index is 10.4. The van der Waals surface area contributed by atoms with E-state index in [0.29, 0.717) is 0 Å². The lowest BCUT2D eigenvalue weighted by Crippen LogP contribution is -3.00. The number of aliphatic hydroxyl groups is 3.